The van der Waals surface area contributed by atoms with Gasteiger partial charge in [-0.05, 0) is 122 Å². The van der Waals surface area contributed by atoms with Crippen molar-refractivity contribution >= 4 is 38.8 Å². The summed E-state index contributed by atoms with van der Waals surface area (Å²) in [6.45, 7) is 0. The van der Waals surface area contributed by atoms with Crippen LogP contribution in [0.4, 0.5) is 0 Å². The zero-order valence-electron chi connectivity index (χ0n) is 34.7. The van der Waals surface area contributed by atoms with Gasteiger partial charge in [0.05, 0.1) is 16.6 Å². The van der Waals surface area contributed by atoms with E-state index in [1.165, 1.54) is 105 Å². The maximum atomic E-state index is 2.46. The van der Waals surface area contributed by atoms with Crippen molar-refractivity contribution in [3.05, 3.63) is 248 Å². The number of hydrogen-bond acceptors (Lipinski definition) is 0. The molecule has 0 fully saturated rings. The van der Waals surface area contributed by atoms with Gasteiger partial charge >= 0.3 is 0 Å². The van der Waals surface area contributed by atoms with Gasteiger partial charge in [-0.1, -0.05) is 176 Å². The van der Waals surface area contributed by atoms with Gasteiger partial charge < -0.3 is 9.13 Å². The van der Waals surface area contributed by atoms with E-state index in [4.69, 9.17) is 0 Å². The number of nitrogens with zero attached hydrogens (tertiary/aromatic N) is 2. The van der Waals surface area contributed by atoms with E-state index in [0.29, 0.717) is 0 Å². The molecule has 11 aromatic rings. The van der Waals surface area contributed by atoms with Crippen molar-refractivity contribution in [1.29, 1.82) is 0 Å². The molecule has 0 saturated heterocycles. The molecule has 2 aromatic heterocycles. The Morgan fingerprint density at radius 3 is 1.41 bits per heavy atom. The molecule has 2 heterocycles. The molecule has 0 amide bonds. The Hall–Kier alpha value is -8.20. The fraction of sp³-hybridized carbons (Fsp3) is 0.0164. The molecule has 0 aliphatic heterocycles. The summed E-state index contributed by atoms with van der Waals surface area (Å²) in [7, 11) is 0. The fourth-order valence-corrected chi connectivity index (χ4v) is 9.72. The van der Waals surface area contributed by atoms with Crippen LogP contribution in [0, 0.1) is 0 Å². The quantitative estimate of drug-likeness (QED) is 0.152. The Morgan fingerprint density at radius 2 is 0.762 bits per heavy atom. The largest absolute Gasteiger partial charge is 0.313 e. The highest BCUT2D eigenvalue weighted by Crippen LogP contribution is 2.40. The van der Waals surface area contributed by atoms with Crippen LogP contribution >= 0.6 is 0 Å². The Morgan fingerprint density at radius 1 is 0.286 bits per heavy atom. The van der Waals surface area contributed by atoms with Crippen molar-refractivity contribution in [2.24, 2.45) is 0 Å². The number of benzene rings is 9. The van der Waals surface area contributed by atoms with E-state index in [1.807, 2.05) is 0 Å². The molecule has 1 aliphatic carbocycles. The molecule has 0 saturated carbocycles. The van der Waals surface area contributed by atoms with E-state index in [2.05, 4.69) is 252 Å². The van der Waals surface area contributed by atoms with Crippen molar-refractivity contribution in [2.75, 3.05) is 0 Å². The summed E-state index contributed by atoms with van der Waals surface area (Å²) in [6.07, 6.45) is 9.77. The summed E-state index contributed by atoms with van der Waals surface area (Å²) < 4.78 is 4.91. The third kappa shape index (κ3) is 6.52. The van der Waals surface area contributed by atoms with E-state index < -0.39 is 0 Å². The molecule has 0 spiro atoms. The number of hydrogen-bond donors (Lipinski definition) is 0. The average molecular weight is 803 g/mol. The SMILES string of the molecule is C1=CCc2c(c3cc(-c4ccc5c(c4)c4ccccc4n5-c4cc(-c5ccccc5)cc(-c5ccccc5)c4)ccc3n2-c2ccc(-c3cccc(-c4ccccc4)c3)cc2)C=C1. The van der Waals surface area contributed by atoms with Crippen LogP contribution in [0.2, 0.25) is 0 Å². The summed E-state index contributed by atoms with van der Waals surface area (Å²) >= 11 is 0. The molecule has 2 heteroatoms. The molecule has 63 heavy (non-hydrogen) atoms. The first kappa shape index (κ1) is 36.6. The smallest absolute Gasteiger partial charge is 0.0541 e. The Bertz CT molecular complexity index is 3490. The van der Waals surface area contributed by atoms with Gasteiger partial charge in [-0.15, -0.1) is 0 Å². The van der Waals surface area contributed by atoms with E-state index in [0.717, 1.165) is 12.1 Å². The van der Waals surface area contributed by atoms with Gasteiger partial charge in [0.1, 0.15) is 0 Å². The van der Waals surface area contributed by atoms with Gasteiger partial charge in [0.2, 0.25) is 0 Å². The lowest BCUT2D eigenvalue weighted by atomic mass is 9.98. The van der Waals surface area contributed by atoms with Gasteiger partial charge in [0.25, 0.3) is 0 Å². The molecule has 12 rings (SSSR count). The zero-order chi connectivity index (χ0) is 41.7. The van der Waals surface area contributed by atoms with Crippen LogP contribution in [0.25, 0.3) is 106 Å². The summed E-state index contributed by atoms with van der Waals surface area (Å²) in [5.41, 5.74) is 20.6. The van der Waals surface area contributed by atoms with E-state index in [1.54, 1.807) is 0 Å². The number of allylic oxidation sites excluding steroid dienone is 3. The molecular formula is C61H42N2. The molecule has 1 aliphatic rings. The highest BCUT2D eigenvalue weighted by molar-refractivity contribution is 6.11. The molecule has 9 aromatic carbocycles. The second kappa shape index (κ2) is 15.4. The monoisotopic (exact) mass is 802 g/mol. The van der Waals surface area contributed by atoms with Crippen molar-refractivity contribution in [2.45, 2.75) is 6.42 Å². The normalized spacial score (nSPS) is 12.3. The molecule has 296 valence electrons. The van der Waals surface area contributed by atoms with Crippen molar-refractivity contribution < 1.29 is 0 Å². The van der Waals surface area contributed by atoms with Crippen molar-refractivity contribution in [3.63, 3.8) is 0 Å². The minimum atomic E-state index is 0.857. The first-order valence-corrected chi connectivity index (χ1v) is 21.8. The highest BCUT2D eigenvalue weighted by atomic mass is 15.0. The van der Waals surface area contributed by atoms with Crippen LogP contribution in [-0.4, -0.2) is 9.13 Å². The summed E-state index contributed by atoms with van der Waals surface area (Å²) in [4.78, 5) is 0. The summed E-state index contributed by atoms with van der Waals surface area (Å²) in [6, 6.07) is 79.8. The predicted octanol–water partition coefficient (Wildman–Crippen LogP) is 16.2. The third-order valence-electron chi connectivity index (χ3n) is 12.8. The number of para-hydroxylation sites is 1. The minimum absolute atomic E-state index is 0.857. The molecule has 2 nitrogen and oxygen atoms in total. The fourth-order valence-electron chi connectivity index (χ4n) is 9.72. The van der Waals surface area contributed by atoms with E-state index in [9.17, 15) is 0 Å². The van der Waals surface area contributed by atoms with Crippen LogP contribution < -0.4 is 0 Å². The Kier molecular flexibility index (Phi) is 8.93. The van der Waals surface area contributed by atoms with Crippen LogP contribution in [0.3, 0.4) is 0 Å². The molecular weight excluding hydrogens is 761 g/mol. The molecule has 0 N–H and O–H groups in total. The standard InChI is InChI=1S/C61H42N2/c1-5-16-42(17-6-1)46-22-15-23-47(36-46)45-28-32-52(33-29-45)62-58-26-12-4-11-24-54(58)56-40-48(30-34-60(56)62)49-31-35-61-57(41-49)55-25-13-14-27-59(55)63(61)53-38-50(43-18-7-2-8-19-43)37-51(39-53)44-20-9-3-10-21-44/h1-25,27-41H,26H2. The maximum absolute atomic E-state index is 2.46. The second-order valence-electron chi connectivity index (χ2n) is 16.5. The van der Waals surface area contributed by atoms with Crippen LogP contribution in [0.5, 0.6) is 0 Å². The van der Waals surface area contributed by atoms with Crippen molar-refractivity contribution in [1.82, 2.24) is 9.13 Å². The predicted molar refractivity (Wildman–Crippen MR) is 267 cm³/mol. The lowest BCUT2D eigenvalue weighted by molar-refractivity contribution is 1.00. The van der Waals surface area contributed by atoms with Gasteiger partial charge in [0.15, 0.2) is 0 Å². The number of aromatic nitrogens is 2. The maximum Gasteiger partial charge on any atom is 0.0541 e. The topological polar surface area (TPSA) is 9.86 Å². The molecule has 0 atom stereocenters. The highest BCUT2D eigenvalue weighted by Gasteiger charge is 2.20. The number of rotatable bonds is 7. The van der Waals surface area contributed by atoms with Gasteiger partial charge in [-0.3, -0.25) is 0 Å². The van der Waals surface area contributed by atoms with Gasteiger partial charge in [-0.2, -0.15) is 0 Å². The van der Waals surface area contributed by atoms with E-state index in [-0.39, 0.29) is 0 Å². The summed E-state index contributed by atoms with van der Waals surface area (Å²) in [5.74, 6) is 0. The van der Waals surface area contributed by atoms with Crippen LogP contribution in [-0.2, 0) is 6.42 Å². The molecule has 0 radical (unpaired) electrons. The first-order valence-electron chi connectivity index (χ1n) is 21.8. The molecule has 0 unspecified atom stereocenters. The summed E-state index contributed by atoms with van der Waals surface area (Å²) in [5, 5.41) is 3.74. The minimum Gasteiger partial charge on any atom is -0.313 e. The average Bonchev–Trinajstić information content (AvgIpc) is 3.73. The first-order chi connectivity index (χ1) is 31.2. The number of fused-ring (bicyclic) bond motifs is 6. The Labute approximate surface area is 367 Å². The third-order valence-corrected chi connectivity index (χ3v) is 12.8. The van der Waals surface area contributed by atoms with Crippen molar-refractivity contribution in [3.8, 4) is 67.0 Å². The van der Waals surface area contributed by atoms with Crippen LogP contribution in [0.1, 0.15) is 11.3 Å². The van der Waals surface area contributed by atoms with Gasteiger partial charge in [0, 0.05) is 45.2 Å². The lowest BCUT2D eigenvalue weighted by Gasteiger charge is -2.14. The molecule has 0 bridgehead atoms. The second-order valence-corrected chi connectivity index (χ2v) is 16.5. The van der Waals surface area contributed by atoms with Crippen LogP contribution in [0.15, 0.2) is 237 Å². The Balaban J connectivity index is 0.960. The zero-order valence-corrected chi connectivity index (χ0v) is 34.7. The lowest BCUT2D eigenvalue weighted by Crippen LogP contribution is -2.00. The van der Waals surface area contributed by atoms with E-state index >= 15 is 0 Å². The van der Waals surface area contributed by atoms with Gasteiger partial charge in [-0.25, -0.2) is 0 Å².